The van der Waals surface area contributed by atoms with E-state index in [2.05, 4.69) is 4.72 Å². The van der Waals surface area contributed by atoms with Gasteiger partial charge < -0.3 is 4.90 Å². The molecular weight excluding hydrogens is 332 g/mol. The van der Waals surface area contributed by atoms with Crippen molar-refractivity contribution in [3.63, 3.8) is 0 Å². The van der Waals surface area contributed by atoms with Crippen molar-refractivity contribution in [3.05, 3.63) is 17.0 Å². The number of carbonyl (C=O) groups excluding carboxylic acids is 1. The number of aryl methyl sites for hydroxylation is 1. The molecule has 0 spiro atoms. The smallest absolute Gasteiger partial charge is 0.250 e. The van der Waals surface area contributed by atoms with E-state index in [1.165, 1.54) is 11.3 Å². The number of carbonyl (C=O) groups is 1. The molecule has 1 N–H and O–H groups in total. The SMILES string of the molecule is CCc1ccc(S(=O)(=O)N[C@H](C(=O)N2CCCCC2)C(C)C)s1. The van der Waals surface area contributed by atoms with E-state index < -0.39 is 16.1 Å². The number of piperidine rings is 1. The maximum absolute atomic E-state index is 12.7. The fraction of sp³-hybridized carbons (Fsp3) is 0.688. The second kappa shape index (κ2) is 7.77. The van der Waals surface area contributed by atoms with Crippen LogP contribution < -0.4 is 4.72 Å². The van der Waals surface area contributed by atoms with Crippen LogP contribution in [0.15, 0.2) is 16.3 Å². The topological polar surface area (TPSA) is 66.5 Å². The molecule has 5 nitrogen and oxygen atoms in total. The summed E-state index contributed by atoms with van der Waals surface area (Å²) < 4.78 is 28.1. The highest BCUT2D eigenvalue weighted by Crippen LogP contribution is 2.23. The molecule has 0 bridgehead atoms. The summed E-state index contributed by atoms with van der Waals surface area (Å²) in [6.45, 7) is 7.19. The average Bonchev–Trinajstić information content (AvgIpc) is 3.02. The van der Waals surface area contributed by atoms with Gasteiger partial charge in [-0.15, -0.1) is 11.3 Å². The molecule has 0 saturated carbocycles. The molecule has 0 aromatic carbocycles. The Morgan fingerprint density at radius 3 is 2.43 bits per heavy atom. The van der Waals surface area contributed by atoms with Crippen molar-refractivity contribution in [2.75, 3.05) is 13.1 Å². The number of rotatable bonds is 6. The summed E-state index contributed by atoms with van der Waals surface area (Å²) in [4.78, 5) is 15.5. The number of nitrogens with one attached hydrogen (secondary N) is 1. The van der Waals surface area contributed by atoms with Gasteiger partial charge in [-0.1, -0.05) is 20.8 Å². The molecule has 1 aromatic rings. The molecule has 1 saturated heterocycles. The van der Waals surface area contributed by atoms with Crippen LogP contribution in [0.4, 0.5) is 0 Å². The first-order valence-corrected chi connectivity index (χ1v) is 10.5. The molecule has 0 aliphatic carbocycles. The Balaban J connectivity index is 2.16. The minimum atomic E-state index is -3.66. The highest BCUT2D eigenvalue weighted by Gasteiger charge is 2.32. The highest BCUT2D eigenvalue weighted by atomic mass is 32.2. The van der Waals surface area contributed by atoms with Gasteiger partial charge >= 0.3 is 0 Å². The molecule has 2 rings (SSSR count). The van der Waals surface area contributed by atoms with Gasteiger partial charge in [0.15, 0.2) is 0 Å². The summed E-state index contributed by atoms with van der Waals surface area (Å²) in [6.07, 6.45) is 3.93. The second-order valence-electron chi connectivity index (χ2n) is 6.30. The summed E-state index contributed by atoms with van der Waals surface area (Å²) in [6, 6.07) is 2.75. The van der Waals surface area contributed by atoms with E-state index in [0.29, 0.717) is 0 Å². The zero-order valence-corrected chi connectivity index (χ0v) is 15.7. The van der Waals surface area contributed by atoms with Gasteiger partial charge in [0.05, 0.1) is 0 Å². The molecule has 1 atom stereocenters. The standard InChI is InChI=1S/C16H26N2O3S2/c1-4-13-8-9-14(22-13)23(20,21)17-15(12(2)3)16(19)18-10-6-5-7-11-18/h8-9,12,15,17H,4-7,10-11H2,1-3H3/t15-/m0/s1. The van der Waals surface area contributed by atoms with E-state index in [4.69, 9.17) is 0 Å². The largest absolute Gasteiger partial charge is 0.341 e. The molecule has 1 fully saturated rings. The van der Waals surface area contributed by atoms with Crippen molar-refractivity contribution in [1.82, 2.24) is 9.62 Å². The summed E-state index contributed by atoms with van der Waals surface area (Å²) in [5.74, 6) is -0.194. The Hall–Kier alpha value is -0.920. The molecule has 1 aliphatic heterocycles. The number of hydrogen-bond acceptors (Lipinski definition) is 4. The van der Waals surface area contributed by atoms with E-state index in [1.807, 2.05) is 26.8 Å². The van der Waals surface area contributed by atoms with Crippen LogP contribution >= 0.6 is 11.3 Å². The van der Waals surface area contributed by atoms with E-state index in [-0.39, 0.29) is 16.0 Å². The predicted molar refractivity (Wildman–Crippen MR) is 93.1 cm³/mol. The van der Waals surface area contributed by atoms with E-state index in [0.717, 1.165) is 43.6 Å². The van der Waals surface area contributed by atoms with Crippen molar-refractivity contribution in [3.8, 4) is 0 Å². The molecular formula is C16H26N2O3S2. The van der Waals surface area contributed by atoms with E-state index in [9.17, 15) is 13.2 Å². The number of nitrogens with zero attached hydrogens (tertiary/aromatic N) is 1. The molecule has 23 heavy (non-hydrogen) atoms. The third-order valence-corrected chi connectivity index (χ3v) is 7.30. The fourth-order valence-corrected chi connectivity index (χ4v) is 5.35. The molecule has 0 radical (unpaired) electrons. The number of hydrogen-bond donors (Lipinski definition) is 1. The van der Waals surface area contributed by atoms with E-state index >= 15 is 0 Å². The Bertz CT molecular complexity index is 632. The van der Waals surface area contributed by atoms with Crippen molar-refractivity contribution < 1.29 is 13.2 Å². The fourth-order valence-electron chi connectivity index (χ4n) is 2.70. The zero-order chi connectivity index (χ0) is 17.0. The normalized spacial score (nSPS) is 17.5. The second-order valence-corrected chi connectivity index (χ2v) is 9.41. The average molecular weight is 359 g/mol. The van der Waals surface area contributed by atoms with Gasteiger partial charge in [0.25, 0.3) is 10.0 Å². The van der Waals surface area contributed by atoms with Crippen LogP contribution in [0.1, 0.15) is 44.9 Å². The first kappa shape index (κ1) is 18.4. The first-order valence-electron chi connectivity index (χ1n) is 8.25. The number of sulfonamides is 1. The van der Waals surface area contributed by atoms with Gasteiger partial charge in [-0.25, -0.2) is 8.42 Å². The third-order valence-electron chi connectivity index (χ3n) is 4.13. The molecule has 0 unspecified atom stereocenters. The maximum Gasteiger partial charge on any atom is 0.250 e. The van der Waals surface area contributed by atoms with Crippen molar-refractivity contribution in [2.45, 2.75) is 56.7 Å². The van der Waals surface area contributed by atoms with Gasteiger partial charge in [-0.2, -0.15) is 4.72 Å². The highest BCUT2D eigenvalue weighted by molar-refractivity contribution is 7.91. The molecule has 1 aliphatic rings. The van der Waals surface area contributed by atoms with Crippen LogP contribution in [0.3, 0.4) is 0 Å². The van der Waals surface area contributed by atoms with Crippen molar-refractivity contribution in [1.29, 1.82) is 0 Å². The van der Waals surface area contributed by atoms with Gasteiger partial charge in [0, 0.05) is 18.0 Å². The summed E-state index contributed by atoms with van der Waals surface area (Å²) >= 11 is 1.27. The lowest BCUT2D eigenvalue weighted by Crippen LogP contribution is -2.52. The lowest BCUT2D eigenvalue weighted by Gasteiger charge is -2.32. The van der Waals surface area contributed by atoms with Crippen LogP contribution in [0.5, 0.6) is 0 Å². The van der Waals surface area contributed by atoms with Gasteiger partial charge in [-0.05, 0) is 43.7 Å². The van der Waals surface area contributed by atoms with Crippen molar-refractivity contribution in [2.24, 2.45) is 5.92 Å². The quantitative estimate of drug-likeness (QED) is 0.850. The number of likely N-dealkylation sites (tertiary alicyclic amines) is 1. The molecule has 2 heterocycles. The maximum atomic E-state index is 12.7. The van der Waals surface area contributed by atoms with Crippen molar-refractivity contribution >= 4 is 27.3 Å². The Morgan fingerprint density at radius 2 is 1.91 bits per heavy atom. The lowest BCUT2D eigenvalue weighted by molar-refractivity contribution is -0.134. The number of amides is 1. The van der Waals surface area contributed by atoms with Gasteiger partial charge in [0.2, 0.25) is 5.91 Å². The summed E-state index contributed by atoms with van der Waals surface area (Å²) in [7, 11) is -3.66. The van der Waals surface area contributed by atoms with Crippen LogP contribution in [-0.2, 0) is 21.2 Å². The summed E-state index contributed by atoms with van der Waals surface area (Å²) in [5, 5.41) is 0. The molecule has 7 heteroatoms. The Morgan fingerprint density at radius 1 is 1.26 bits per heavy atom. The minimum absolute atomic E-state index is 0.0928. The predicted octanol–water partition coefficient (Wildman–Crippen LogP) is 2.63. The Kier molecular flexibility index (Phi) is 6.22. The minimum Gasteiger partial charge on any atom is -0.341 e. The third kappa shape index (κ3) is 4.55. The van der Waals surface area contributed by atoms with Crippen LogP contribution in [0.2, 0.25) is 0 Å². The first-order chi connectivity index (χ1) is 10.8. The number of thiophene rings is 1. The van der Waals surface area contributed by atoms with Gasteiger partial charge in [0.1, 0.15) is 10.3 Å². The van der Waals surface area contributed by atoms with Crippen LogP contribution in [0.25, 0.3) is 0 Å². The molecule has 1 aromatic heterocycles. The Labute approximate surface area is 143 Å². The zero-order valence-electron chi connectivity index (χ0n) is 14.0. The van der Waals surface area contributed by atoms with Gasteiger partial charge in [-0.3, -0.25) is 4.79 Å². The molecule has 1 amide bonds. The lowest BCUT2D eigenvalue weighted by atomic mass is 10.0. The van der Waals surface area contributed by atoms with Crippen LogP contribution in [0, 0.1) is 5.92 Å². The summed E-state index contributed by atoms with van der Waals surface area (Å²) in [5.41, 5.74) is 0. The molecule has 130 valence electrons. The van der Waals surface area contributed by atoms with Crippen LogP contribution in [-0.4, -0.2) is 38.4 Å². The van der Waals surface area contributed by atoms with E-state index in [1.54, 1.807) is 11.0 Å². The monoisotopic (exact) mass is 358 g/mol.